The van der Waals surface area contributed by atoms with Gasteiger partial charge in [-0.3, -0.25) is 9.69 Å². The number of rotatable bonds is 6. The highest BCUT2D eigenvalue weighted by molar-refractivity contribution is 5.79. The molecule has 0 spiro atoms. The summed E-state index contributed by atoms with van der Waals surface area (Å²) in [6.07, 6.45) is 4.50. The molecule has 19 heavy (non-hydrogen) atoms. The van der Waals surface area contributed by atoms with Crippen LogP contribution in [-0.4, -0.2) is 49.1 Å². The average molecular weight is 264 g/mol. The molecule has 0 radical (unpaired) electrons. The summed E-state index contributed by atoms with van der Waals surface area (Å²) in [6, 6.07) is 2.76. The third-order valence-electron chi connectivity index (χ3n) is 4.13. The lowest BCUT2D eigenvalue weighted by atomic mass is 9.98. The summed E-state index contributed by atoms with van der Waals surface area (Å²) in [6.45, 7) is 4.17. The van der Waals surface area contributed by atoms with Crippen LogP contribution in [-0.2, 0) is 4.79 Å². The molecule has 0 aromatic rings. The number of carbonyl (C=O) groups excluding carboxylic acids is 1. The first kappa shape index (κ1) is 14.3. The molecular weight excluding hydrogens is 240 g/mol. The van der Waals surface area contributed by atoms with Gasteiger partial charge in [0.1, 0.15) is 5.54 Å². The molecule has 0 bridgehead atoms. The Morgan fingerprint density at radius 1 is 1.53 bits per heavy atom. The molecule has 1 heterocycles. The Bertz CT molecular complexity index is 368. The highest BCUT2D eigenvalue weighted by Crippen LogP contribution is 2.39. The quantitative estimate of drug-likeness (QED) is 0.732. The standard InChI is InChI=1S/C14H24N4O/c1-14(10-15,11-5-6-11)17-13(19)9-18(2)8-12-4-3-7-16-12/h11-12,16H,3-9H2,1-2H3,(H,17,19). The Hall–Kier alpha value is -1.12. The first-order valence-corrected chi connectivity index (χ1v) is 7.17. The molecule has 1 aliphatic heterocycles. The van der Waals surface area contributed by atoms with Gasteiger partial charge < -0.3 is 10.6 Å². The molecule has 1 saturated heterocycles. The number of nitrogens with zero attached hydrogens (tertiary/aromatic N) is 2. The summed E-state index contributed by atoms with van der Waals surface area (Å²) >= 11 is 0. The van der Waals surface area contributed by atoms with Gasteiger partial charge in [0.15, 0.2) is 0 Å². The highest BCUT2D eigenvalue weighted by Gasteiger charge is 2.43. The van der Waals surface area contributed by atoms with Gasteiger partial charge in [-0.2, -0.15) is 5.26 Å². The van der Waals surface area contributed by atoms with Crippen molar-refractivity contribution in [3.05, 3.63) is 0 Å². The second kappa shape index (κ2) is 5.89. The maximum Gasteiger partial charge on any atom is 0.235 e. The van der Waals surface area contributed by atoms with Crippen LogP contribution in [0.1, 0.15) is 32.6 Å². The van der Waals surface area contributed by atoms with Crippen molar-refractivity contribution in [2.45, 2.75) is 44.2 Å². The van der Waals surface area contributed by atoms with Gasteiger partial charge >= 0.3 is 0 Å². The zero-order valence-corrected chi connectivity index (χ0v) is 11.9. The third kappa shape index (κ3) is 3.92. The van der Waals surface area contributed by atoms with Crippen LogP contribution in [0, 0.1) is 17.2 Å². The molecule has 5 nitrogen and oxygen atoms in total. The van der Waals surface area contributed by atoms with Crippen LogP contribution in [0.25, 0.3) is 0 Å². The topological polar surface area (TPSA) is 68.2 Å². The van der Waals surface area contributed by atoms with Crippen LogP contribution >= 0.6 is 0 Å². The Morgan fingerprint density at radius 2 is 2.26 bits per heavy atom. The number of likely N-dealkylation sites (N-methyl/N-ethyl adjacent to an activating group) is 1. The van der Waals surface area contributed by atoms with Crippen molar-refractivity contribution in [3.8, 4) is 6.07 Å². The smallest absolute Gasteiger partial charge is 0.235 e. The maximum absolute atomic E-state index is 12.0. The third-order valence-corrected chi connectivity index (χ3v) is 4.13. The SMILES string of the molecule is CN(CC(=O)NC(C)(C#N)C1CC1)CC1CCCN1. The van der Waals surface area contributed by atoms with Crippen molar-refractivity contribution >= 4 is 5.91 Å². The van der Waals surface area contributed by atoms with Crippen molar-refractivity contribution in [2.24, 2.45) is 5.92 Å². The summed E-state index contributed by atoms with van der Waals surface area (Å²) in [4.78, 5) is 14.0. The van der Waals surface area contributed by atoms with Crippen molar-refractivity contribution in [2.75, 3.05) is 26.7 Å². The molecule has 2 rings (SSSR count). The molecule has 2 N–H and O–H groups in total. The van der Waals surface area contributed by atoms with Crippen molar-refractivity contribution in [1.82, 2.24) is 15.5 Å². The molecule has 1 aliphatic carbocycles. The second-order valence-corrected chi connectivity index (χ2v) is 6.13. The monoisotopic (exact) mass is 264 g/mol. The molecule has 106 valence electrons. The predicted molar refractivity (Wildman–Crippen MR) is 73.4 cm³/mol. The van der Waals surface area contributed by atoms with Gasteiger partial charge in [0.25, 0.3) is 0 Å². The molecule has 1 amide bonds. The van der Waals surface area contributed by atoms with E-state index in [1.54, 1.807) is 0 Å². The van der Waals surface area contributed by atoms with Gasteiger partial charge in [-0.05, 0) is 52.1 Å². The fourth-order valence-corrected chi connectivity index (χ4v) is 2.81. The van der Waals surface area contributed by atoms with Crippen LogP contribution in [0.15, 0.2) is 0 Å². The number of nitrogens with one attached hydrogen (secondary N) is 2. The van der Waals surface area contributed by atoms with E-state index in [9.17, 15) is 10.1 Å². The summed E-state index contributed by atoms with van der Waals surface area (Å²) < 4.78 is 0. The molecular formula is C14H24N4O. The molecule has 2 atom stereocenters. The summed E-state index contributed by atoms with van der Waals surface area (Å²) in [5, 5.41) is 15.5. The van der Waals surface area contributed by atoms with Crippen LogP contribution in [0.2, 0.25) is 0 Å². The predicted octanol–water partition coefficient (Wildman–Crippen LogP) is 0.479. The zero-order chi connectivity index (χ0) is 13.9. The van der Waals surface area contributed by atoms with E-state index in [4.69, 9.17) is 0 Å². The van der Waals surface area contributed by atoms with Crippen LogP contribution in [0.5, 0.6) is 0 Å². The van der Waals surface area contributed by atoms with Gasteiger partial charge in [-0.1, -0.05) is 0 Å². The van der Waals surface area contributed by atoms with E-state index in [1.807, 2.05) is 18.9 Å². The fourth-order valence-electron chi connectivity index (χ4n) is 2.81. The van der Waals surface area contributed by atoms with Crippen LogP contribution < -0.4 is 10.6 Å². The van der Waals surface area contributed by atoms with Crippen LogP contribution in [0.4, 0.5) is 0 Å². The van der Waals surface area contributed by atoms with E-state index in [2.05, 4.69) is 16.7 Å². The summed E-state index contributed by atoms with van der Waals surface area (Å²) in [5.74, 6) is 0.291. The molecule has 0 aromatic carbocycles. The largest absolute Gasteiger partial charge is 0.337 e. The number of carbonyl (C=O) groups is 1. The van der Waals surface area contributed by atoms with E-state index in [-0.39, 0.29) is 5.91 Å². The average Bonchev–Trinajstić information content (AvgIpc) is 3.10. The van der Waals surface area contributed by atoms with E-state index in [0.29, 0.717) is 18.5 Å². The Labute approximate surface area is 115 Å². The minimum atomic E-state index is -0.677. The highest BCUT2D eigenvalue weighted by atomic mass is 16.2. The van der Waals surface area contributed by atoms with Gasteiger partial charge in [-0.15, -0.1) is 0 Å². The normalized spacial score (nSPS) is 25.9. The van der Waals surface area contributed by atoms with E-state index < -0.39 is 5.54 Å². The molecule has 2 unspecified atom stereocenters. The lowest BCUT2D eigenvalue weighted by molar-refractivity contribution is -0.123. The minimum absolute atomic E-state index is 0.0450. The van der Waals surface area contributed by atoms with E-state index in [1.165, 1.54) is 12.8 Å². The Morgan fingerprint density at radius 3 is 2.79 bits per heavy atom. The molecule has 1 saturated carbocycles. The van der Waals surface area contributed by atoms with Crippen molar-refractivity contribution in [1.29, 1.82) is 5.26 Å². The molecule has 0 aromatic heterocycles. The van der Waals surface area contributed by atoms with Gasteiger partial charge in [0, 0.05) is 12.6 Å². The lowest BCUT2D eigenvalue weighted by Gasteiger charge is -2.26. The van der Waals surface area contributed by atoms with Crippen molar-refractivity contribution < 1.29 is 4.79 Å². The minimum Gasteiger partial charge on any atom is -0.337 e. The van der Waals surface area contributed by atoms with Crippen molar-refractivity contribution in [3.63, 3.8) is 0 Å². The fraction of sp³-hybridized carbons (Fsp3) is 0.857. The first-order valence-electron chi connectivity index (χ1n) is 7.17. The van der Waals surface area contributed by atoms with Gasteiger partial charge in [0.05, 0.1) is 12.6 Å². The van der Waals surface area contributed by atoms with Gasteiger partial charge in [0.2, 0.25) is 5.91 Å². The lowest BCUT2D eigenvalue weighted by Crippen LogP contribution is -2.50. The summed E-state index contributed by atoms with van der Waals surface area (Å²) in [7, 11) is 1.96. The first-order chi connectivity index (χ1) is 9.03. The number of hydrogen-bond donors (Lipinski definition) is 2. The number of hydrogen-bond acceptors (Lipinski definition) is 4. The number of amides is 1. The number of nitriles is 1. The summed E-state index contributed by atoms with van der Waals surface area (Å²) in [5.41, 5.74) is -0.677. The molecule has 5 heteroatoms. The maximum atomic E-state index is 12.0. The molecule has 2 fully saturated rings. The van der Waals surface area contributed by atoms with E-state index in [0.717, 1.165) is 25.9 Å². The van der Waals surface area contributed by atoms with Gasteiger partial charge in [-0.25, -0.2) is 0 Å². The molecule has 2 aliphatic rings. The second-order valence-electron chi connectivity index (χ2n) is 6.13. The zero-order valence-electron chi connectivity index (χ0n) is 11.9. The Balaban J connectivity index is 1.75. The van der Waals surface area contributed by atoms with E-state index >= 15 is 0 Å². The van der Waals surface area contributed by atoms with Crippen LogP contribution in [0.3, 0.4) is 0 Å². The Kier molecular flexibility index (Phi) is 4.43.